The molecule has 156 valence electrons. The second-order valence-electron chi connectivity index (χ2n) is 8.73. The lowest BCUT2D eigenvalue weighted by Gasteiger charge is -2.41. The lowest BCUT2D eigenvalue weighted by atomic mass is 10.0. The lowest BCUT2D eigenvalue weighted by Crippen LogP contribution is -2.53. The summed E-state index contributed by atoms with van der Waals surface area (Å²) in [4.78, 5) is 4.38. The predicted molar refractivity (Wildman–Crippen MR) is 112 cm³/mol. The van der Waals surface area contributed by atoms with Crippen molar-refractivity contribution in [2.24, 2.45) is 0 Å². The molecule has 0 amide bonds. The molecule has 1 aliphatic rings. The second-order valence-corrected chi connectivity index (χ2v) is 8.73. The monoisotopic (exact) mass is 370 g/mol. The van der Waals surface area contributed by atoms with Gasteiger partial charge in [-0.3, -0.25) is 5.26 Å². The fourth-order valence-corrected chi connectivity index (χ4v) is 4.62. The zero-order valence-electron chi connectivity index (χ0n) is 17.9. The molecule has 26 heavy (non-hydrogen) atoms. The van der Waals surface area contributed by atoms with Crippen LogP contribution >= 0.6 is 0 Å². The topological polar surface area (TPSA) is 29.5 Å². The van der Waals surface area contributed by atoms with Gasteiger partial charge in [-0.05, 0) is 32.1 Å². The van der Waals surface area contributed by atoms with Crippen LogP contribution in [0.3, 0.4) is 0 Å². The van der Waals surface area contributed by atoms with Gasteiger partial charge in [-0.25, -0.2) is 4.89 Å². The Bertz CT molecular complexity index is 290. The molecular weight excluding hydrogens is 322 g/mol. The fraction of sp³-hybridized carbons (Fsp3) is 1.00. The van der Waals surface area contributed by atoms with Gasteiger partial charge in [-0.15, -0.1) is 0 Å². The lowest BCUT2D eigenvalue weighted by molar-refractivity contribution is -0.933. The zero-order chi connectivity index (χ0) is 18.8. The summed E-state index contributed by atoms with van der Waals surface area (Å²) in [6.07, 6.45) is 24.1. The molecule has 1 saturated heterocycles. The smallest absolute Gasteiger partial charge is 0.131 e. The van der Waals surface area contributed by atoms with E-state index in [1.165, 1.54) is 133 Å². The van der Waals surface area contributed by atoms with Gasteiger partial charge in [0.2, 0.25) is 0 Å². The van der Waals surface area contributed by atoms with Crippen molar-refractivity contribution >= 4 is 0 Å². The van der Waals surface area contributed by atoms with Gasteiger partial charge in [0.25, 0.3) is 0 Å². The summed E-state index contributed by atoms with van der Waals surface area (Å²) in [6.45, 7) is 7.66. The van der Waals surface area contributed by atoms with Crippen LogP contribution in [0.15, 0.2) is 0 Å². The van der Waals surface area contributed by atoms with Gasteiger partial charge in [0.15, 0.2) is 0 Å². The first-order chi connectivity index (χ1) is 12.8. The molecule has 0 unspecified atom stereocenters. The molecule has 0 bridgehead atoms. The zero-order valence-corrected chi connectivity index (χ0v) is 17.9. The Hall–Kier alpha value is -0.120. The van der Waals surface area contributed by atoms with Crippen molar-refractivity contribution in [1.82, 2.24) is 0 Å². The molecule has 1 aliphatic heterocycles. The highest BCUT2D eigenvalue weighted by Gasteiger charge is 2.28. The minimum absolute atomic E-state index is 0.499. The van der Waals surface area contributed by atoms with Crippen molar-refractivity contribution < 1.29 is 14.6 Å². The maximum Gasteiger partial charge on any atom is 0.131 e. The van der Waals surface area contributed by atoms with Gasteiger partial charge >= 0.3 is 0 Å². The number of hydrogen-bond donors (Lipinski definition) is 1. The number of hydrogen-bond acceptors (Lipinski definition) is 2. The number of rotatable bonds is 18. The molecule has 0 radical (unpaired) electrons. The summed E-state index contributed by atoms with van der Waals surface area (Å²) in [7, 11) is 0. The van der Waals surface area contributed by atoms with Gasteiger partial charge in [-0.1, -0.05) is 84.0 Å². The summed E-state index contributed by atoms with van der Waals surface area (Å²) < 4.78 is 1.19. The van der Waals surface area contributed by atoms with E-state index in [1.54, 1.807) is 0 Å². The van der Waals surface area contributed by atoms with Crippen LogP contribution in [-0.4, -0.2) is 42.5 Å². The van der Waals surface area contributed by atoms with E-state index in [9.17, 15) is 0 Å². The highest BCUT2D eigenvalue weighted by molar-refractivity contribution is 4.56. The van der Waals surface area contributed by atoms with Gasteiger partial charge < -0.3 is 4.48 Å². The molecule has 0 aromatic carbocycles. The maximum absolute atomic E-state index is 8.70. The van der Waals surface area contributed by atoms with Crippen LogP contribution in [0.4, 0.5) is 0 Å². The van der Waals surface area contributed by atoms with Crippen molar-refractivity contribution in [3.63, 3.8) is 0 Å². The summed E-state index contributed by atoms with van der Waals surface area (Å²) in [6, 6.07) is 0. The largest absolute Gasteiger partial charge is 0.322 e. The van der Waals surface area contributed by atoms with Crippen molar-refractivity contribution in [2.45, 2.75) is 116 Å². The first kappa shape index (κ1) is 23.9. The molecule has 0 saturated carbocycles. The fourth-order valence-electron chi connectivity index (χ4n) is 4.62. The predicted octanol–water partition coefficient (Wildman–Crippen LogP) is 6.96. The molecule has 0 aromatic heterocycles. The average Bonchev–Trinajstić information content (AvgIpc) is 2.67. The second kappa shape index (κ2) is 17.0. The Balaban J connectivity index is 1.89. The van der Waals surface area contributed by atoms with Crippen LogP contribution in [-0.2, 0) is 4.89 Å². The third kappa shape index (κ3) is 12.3. The van der Waals surface area contributed by atoms with Crippen LogP contribution in [0.5, 0.6) is 0 Å². The Morgan fingerprint density at radius 2 is 1.08 bits per heavy atom. The van der Waals surface area contributed by atoms with Crippen molar-refractivity contribution in [3.8, 4) is 0 Å². The number of piperidine rings is 1. The summed E-state index contributed by atoms with van der Waals surface area (Å²) in [5.74, 6) is 0. The molecule has 1 heterocycles. The van der Waals surface area contributed by atoms with E-state index in [2.05, 4.69) is 11.8 Å². The first-order valence-electron chi connectivity index (χ1n) is 11.9. The number of unbranched alkanes of at least 4 members (excludes halogenated alkanes) is 13. The van der Waals surface area contributed by atoms with Crippen LogP contribution in [0, 0.1) is 0 Å². The minimum Gasteiger partial charge on any atom is -0.322 e. The van der Waals surface area contributed by atoms with E-state index in [4.69, 9.17) is 5.26 Å². The molecule has 1 N–H and O–H groups in total. The van der Waals surface area contributed by atoms with Gasteiger partial charge in [-0.2, -0.15) is 0 Å². The first-order valence-corrected chi connectivity index (χ1v) is 11.9. The van der Waals surface area contributed by atoms with Crippen LogP contribution in [0.2, 0.25) is 0 Å². The molecule has 0 aromatic rings. The number of quaternary nitrogens is 1. The van der Waals surface area contributed by atoms with E-state index < -0.39 is 0 Å². The number of nitrogens with zero attached hydrogens (tertiary/aromatic N) is 1. The van der Waals surface area contributed by atoms with E-state index in [0.717, 1.165) is 6.54 Å². The van der Waals surface area contributed by atoms with Crippen molar-refractivity contribution in [1.29, 1.82) is 0 Å². The molecule has 3 heteroatoms. The average molecular weight is 371 g/mol. The molecule has 0 aliphatic carbocycles. The molecule has 0 atom stereocenters. The molecule has 0 spiro atoms. The quantitative estimate of drug-likeness (QED) is 0.122. The highest BCUT2D eigenvalue weighted by Crippen LogP contribution is 2.21. The molecule has 3 nitrogen and oxygen atoms in total. The van der Waals surface area contributed by atoms with E-state index >= 15 is 0 Å². The number of likely N-dealkylation sites (tertiary alicyclic amines) is 1. The Morgan fingerprint density at radius 1 is 0.615 bits per heavy atom. The highest BCUT2D eigenvalue weighted by atomic mass is 17.1. The van der Waals surface area contributed by atoms with Crippen LogP contribution in [0.1, 0.15) is 116 Å². The summed E-state index contributed by atoms with van der Waals surface area (Å²) in [5.41, 5.74) is 0. The van der Waals surface area contributed by atoms with E-state index in [0.29, 0.717) is 6.61 Å². The van der Waals surface area contributed by atoms with Crippen LogP contribution in [0.25, 0.3) is 0 Å². The Labute approximate surface area is 164 Å². The summed E-state index contributed by atoms with van der Waals surface area (Å²) >= 11 is 0. The Kier molecular flexibility index (Phi) is 15.6. The molecular formula is C23H48NO2+. The summed E-state index contributed by atoms with van der Waals surface area (Å²) in [5, 5.41) is 8.70. The van der Waals surface area contributed by atoms with Crippen molar-refractivity contribution in [2.75, 3.05) is 32.8 Å². The van der Waals surface area contributed by atoms with Gasteiger partial charge in [0.05, 0.1) is 19.6 Å². The SMILES string of the molecule is CCCCCCCCCCCCCCCC[N+]1(CCOO)CCCCC1. The third-order valence-electron chi connectivity index (χ3n) is 6.41. The molecule has 1 fully saturated rings. The maximum atomic E-state index is 8.70. The van der Waals surface area contributed by atoms with Crippen molar-refractivity contribution in [3.05, 3.63) is 0 Å². The van der Waals surface area contributed by atoms with Gasteiger partial charge in [0, 0.05) is 0 Å². The third-order valence-corrected chi connectivity index (χ3v) is 6.41. The van der Waals surface area contributed by atoms with E-state index in [1.807, 2.05) is 0 Å². The Morgan fingerprint density at radius 3 is 1.54 bits per heavy atom. The minimum atomic E-state index is 0.499. The molecule has 1 rings (SSSR count). The van der Waals surface area contributed by atoms with Gasteiger partial charge in [0.1, 0.15) is 13.2 Å². The van der Waals surface area contributed by atoms with Crippen LogP contribution < -0.4 is 0 Å². The van der Waals surface area contributed by atoms with E-state index in [-0.39, 0.29) is 0 Å². The normalized spacial score (nSPS) is 16.8. The standard InChI is InChI=1S/C23H47NO2/c1-2-3-4-5-6-7-8-9-10-11-12-13-14-16-19-24(22-23-26-25)20-17-15-18-21-24/h2-23H2,1H3/p+1.